The summed E-state index contributed by atoms with van der Waals surface area (Å²) >= 11 is 0. The second kappa shape index (κ2) is 6.34. The summed E-state index contributed by atoms with van der Waals surface area (Å²) in [5.41, 5.74) is -5.39. The summed E-state index contributed by atoms with van der Waals surface area (Å²) in [7, 11) is 0. The Labute approximate surface area is 135 Å². The van der Waals surface area contributed by atoms with Gasteiger partial charge >= 0.3 is 12.4 Å². The standard InChI is InChI=1S/C15H7F8NO/c16-10-2-1-3-11(17)12(10)13(25)24-9-5-7(14(18,19)20)4-8(6-9)15(21,22)23/h1-6H,(H,24,25). The highest BCUT2D eigenvalue weighted by Gasteiger charge is 2.37. The quantitative estimate of drug-likeness (QED) is 0.720. The molecule has 2 nitrogen and oxygen atoms in total. The van der Waals surface area contributed by atoms with Crippen molar-refractivity contribution in [1.82, 2.24) is 0 Å². The summed E-state index contributed by atoms with van der Waals surface area (Å²) in [6.45, 7) is 0. The van der Waals surface area contributed by atoms with Crippen LogP contribution in [-0.2, 0) is 12.4 Å². The van der Waals surface area contributed by atoms with Crippen molar-refractivity contribution in [2.45, 2.75) is 12.4 Å². The monoisotopic (exact) mass is 369 g/mol. The molecule has 0 spiro atoms. The Kier molecular flexibility index (Phi) is 4.74. The van der Waals surface area contributed by atoms with Crippen LogP contribution in [0, 0.1) is 11.6 Å². The first-order valence-electron chi connectivity index (χ1n) is 6.44. The SMILES string of the molecule is O=C(Nc1cc(C(F)(F)F)cc(C(F)(F)F)c1)c1c(F)cccc1F. The summed E-state index contributed by atoms with van der Waals surface area (Å²) < 4.78 is 103. The zero-order chi connectivity index (χ0) is 19.0. The highest BCUT2D eigenvalue weighted by atomic mass is 19.4. The fourth-order valence-corrected chi connectivity index (χ4v) is 1.94. The summed E-state index contributed by atoms with van der Waals surface area (Å²) in [4.78, 5) is 11.8. The maximum absolute atomic E-state index is 13.5. The van der Waals surface area contributed by atoms with Crippen LogP contribution in [0.2, 0.25) is 0 Å². The van der Waals surface area contributed by atoms with Crippen molar-refractivity contribution in [3.05, 3.63) is 64.7 Å². The fraction of sp³-hybridized carbons (Fsp3) is 0.133. The molecule has 25 heavy (non-hydrogen) atoms. The fourth-order valence-electron chi connectivity index (χ4n) is 1.94. The Bertz CT molecular complexity index is 758. The van der Waals surface area contributed by atoms with Crippen LogP contribution in [-0.4, -0.2) is 5.91 Å². The molecule has 1 N–H and O–H groups in total. The molecular weight excluding hydrogens is 362 g/mol. The number of hydrogen-bond acceptors (Lipinski definition) is 1. The molecule has 2 aromatic rings. The third kappa shape index (κ3) is 4.25. The Morgan fingerprint density at radius 2 is 1.24 bits per heavy atom. The first kappa shape index (κ1) is 18.7. The van der Waals surface area contributed by atoms with Gasteiger partial charge in [0.25, 0.3) is 5.91 Å². The number of anilines is 1. The molecule has 0 bridgehead atoms. The lowest BCUT2D eigenvalue weighted by molar-refractivity contribution is -0.143. The van der Waals surface area contributed by atoms with Gasteiger partial charge in [-0.15, -0.1) is 0 Å². The zero-order valence-electron chi connectivity index (χ0n) is 11.9. The number of benzene rings is 2. The Morgan fingerprint density at radius 1 is 0.800 bits per heavy atom. The van der Waals surface area contributed by atoms with Crippen molar-refractivity contribution in [2.75, 3.05) is 5.32 Å². The summed E-state index contributed by atoms with van der Waals surface area (Å²) in [6, 6.07) is 2.68. The van der Waals surface area contributed by atoms with Gasteiger partial charge in [0.1, 0.15) is 17.2 Å². The van der Waals surface area contributed by atoms with Crippen LogP contribution in [0.15, 0.2) is 36.4 Å². The largest absolute Gasteiger partial charge is 0.416 e. The van der Waals surface area contributed by atoms with Crippen molar-refractivity contribution in [2.24, 2.45) is 0 Å². The maximum Gasteiger partial charge on any atom is 0.416 e. The van der Waals surface area contributed by atoms with Crippen molar-refractivity contribution in [1.29, 1.82) is 0 Å². The molecule has 0 unspecified atom stereocenters. The second-order valence-corrected chi connectivity index (χ2v) is 4.85. The van der Waals surface area contributed by atoms with E-state index in [-0.39, 0.29) is 18.2 Å². The minimum atomic E-state index is -5.12. The average molecular weight is 369 g/mol. The number of nitrogens with one attached hydrogen (secondary N) is 1. The number of amides is 1. The number of rotatable bonds is 2. The average Bonchev–Trinajstić information content (AvgIpc) is 2.44. The molecule has 0 aliphatic rings. The first-order valence-corrected chi connectivity index (χ1v) is 6.44. The second-order valence-electron chi connectivity index (χ2n) is 4.85. The van der Waals surface area contributed by atoms with Crippen molar-refractivity contribution in [3.8, 4) is 0 Å². The Morgan fingerprint density at radius 3 is 1.64 bits per heavy atom. The van der Waals surface area contributed by atoms with E-state index in [1.807, 2.05) is 0 Å². The van der Waals surface area contributed by atoms with Crippen LogP contribution in [0.1, 0.15) is 21.5 Å². The van der Waals surface area contributed by atoms with Crippen molar-refractivity contribution in [3.63, 3.8) is 0 Å². The molecule has 0 atom stereocenters. The molecule has 0 saturated heterocycles. The van der Waals surface area contributed by atoms with Gasteiger partial charge in [-0.05, 0) is 30.3 Å². The molecule has 1 amide bonds. The van der Waals surface area contributed by atoms with E-state index in [1.165, 1.54) is 0 Å². The molecule has 134 valence electrons. The molecule has 0 aromatic heterocycles. The molecule has 0 aliphatic heterocycles. The van der Waals surface area contributed by atoms with Crippen molar-refractivity contribution >= 4 is 11.6 Å². The van der Waals surface area contributed by atoms with E-state index in [2.05, 4.69) is 0 Å². The van der Waals surface area contributed by atoms with E-state index in [0.717, 1.165) is 6.07 Å². The van der Waals surface area contributed by atoms with Gasteiger partial charge < -0.3 is 5.32 Å². The topological polar surface area (TPSA) is 29.1 Å². The van der Waals surface area contributed by atoms with Gasteiger partial charge in [-0.3, -0.25) is 4.79 Å². The molecule has 2 aromatic carbocycles. The number of halogens is 8. The van der Waals surface area contributed by atoms with Gasteiger partial charge in [-0.2, -0.15) is 26.3 Å². The Balaban J connectivity index is 2.47. The summed E-state index contributed by atoms with van der Waals surface area (Å²) in [5.74, 6) is -4.16. The highest BCUT2D eigenvalue weighted by Crippen LogP contribution is 2.37. The third-order valence-electron chi connectivity index (χ3n) is 3.04. The highest BCUT2D eigenvalue weighted by molar-refractivity contribution is 6.04. The van der Waals surface area contributed by atoms with Gasteiger partial charge in [0, 0.05) is 5.69 Å². The van der Waals surface area contributed by atoms with Gasteiger partial charge in [0.2, 0.25) is 0 Å². The number of alkyl halides is 6. The third-order valence-corrected chi connectivity index (χ3v) is 3.04. The minimum absolute atomic E-state index is 0.140. The number of carbonyl (C=O) groups excluding carboxylic acids is 1. The van der Waals surface area contributed by atoms with E-state index in [4.69, 9.17) is 0 Å². The lowest BCUT2D eigenvalue weighted by Crippen LogP contribution is -2.18. The van der Waals surface area contributed by atoms with E-state index >= 15 is 0 Å². The molecule has 0 fully saturated rings. The summed E-state index contributed by atoms with van der Waals surface area (Å²) in [5, 5.41) is 1.65. The molecule has 10 heteroatoms. The van der Waals surface area contributed by atoms with Crippen LogP contribution < -0.4 is 5.32 Å². The Hall–Kier alpha value is -2.65. The molecular formula is C15H7F8NO. The predicted molar refractivity (Wildman–Crippen MR) is 70.8 cm³/mol. The molecule has 0 aliphatic carbocycles. The number of hydrogen-bond donors (Lipinski definition) is 1. The van der Waals surface area contributed by atoms with Gasteiger partial charge in [-0.1, -0.05) is 6.07 Å². The van der Waals surface area contributed by atoms with Crippen LogP contribution in [0.3, 0.4) is 0 Å². The lowest BCUT2D eigenvalue weighted by Gasteiger charge is -2.15. The van der Waals surface area contributed by atoms with Crippen LogP contribution >= 0.6 is 0 Å². The molecule has 0 heterocycles. The van der Waals surface area contributed by atoms with E-state index in [1.54, 1.807) is 5.32 Å². The minimum Gasteiger partial charge on any atom is -0.322 e. The van der Waals surface area contributed by atoms with Gasteiger partial charge in [0.15, 0.2) is 0 Å². The first-order chi connectivity index (χ1) is 11.4. The van der Waals surface area contributed by atoms with Crippen molar-refractivity contribution < 1.29 is 39.9 Å². The van der Waals surface area contributed by atoms with E-state index in [9.17, 15) is 39.9 Å². The van der Waals surface area contributed by atoms with Gasteiger partial charge in [-0.25, -0.2) is 8.78 Å². The molecule has 2 rings (SSSR count). The normalized spacial score (nSPS) is 12.2. The van der Waals surface area contributed by atoms with E-state index in [0.29, 0.717) is 12.1 Å². The van der Waals surface area contributed by atoms with Gasteiger partial charge in [0.05, 0.1) is 11.1 Å². The molecule has 0 saturated carbocycles. The maximum atomic E-state index is 13.5. The van der Waals surface area contributed by atoms with Crippen LogP contribution in [0.5, 0.6) is 0 Å². The van der Waals surface area contributed by atoms with E-state index < -0.39 is 52.3 Å². The van der Waals surface area contributed by atoms with Crippen LogP contribution in [0.4, 0.5) is 40.8 Å². The summed E-state index contributed by atoms with van der Waals surface area (Å²) in [6.07, 6.45) is -10.2. The van der Waals surface area contributed by atoms with Crippen LogP contribution in [0.25, 0.3) is 0 Å². The smallest absolute Gasteiger partial charge is 0.322 e. The zero-order valence-corrected chi connectivity index (χ0v) is 11.9. The number of carbonyl (C=O) groups is 1. The lowest BCUT2D eigenvalue weighted by atomic mass is 10.1. The molecule has 0 radical (unpaired) electrons. The predicted octanol–water partition coefficient (Wildman–Crippen LogP) is 5.25.